The molecule has 0 saturated carbocycles. The number of halogens is 2. The summed E-state index contributed by atoms with van der Waals surface area (Å²) in [5.41, 5.74) is 1.10. The Labute approximate surface area is 139 Å². The molecule has 0 aliphatic rings. The molecule has 22 heavy (non-hydrogen) atoms. The first-order valence-electron chi connectivity index (χ1n) is 6.53. The first-order chi connectivity index (χ1) is 10.2. The number of Topliss-reactive ketones (excluding diaryl/α,β-unsaturated/α-hetero) is 1. The number of benzene rings is 2. The van der Waals surface area contributed by atoms with Crippen LogP contribution in [0.5, 0.6) is 0 Å². The lowest BCUT2D eigenvalue weighted by molar-refractivity contribution is 0.0991. The van der Waals surface area contributed by atoms with Gasteiger partial charge < -0.3 is 0 Å². The van der Waals surface area contributed by atoms with Crippen molar-refractivity contribution in [2.24, 2.45) is 0 Å². The first-order valence-corrected chi connectivity index (χ1v) is 8.83. The van der Waals surface area contributed by atoms with E-state index in [2.05, 4.69) is 0 Å². The van der Waals surface area contributed by atoms with Gasteiger partial charge in [-0.15, -0.1) is 0 Å². The molecule has 0 aliphatic carbocycles. The zero-order valence-corrected chi connectivity index (χ0v) is 14.3. The zero-order chi connectivity index (χ0) is 16.5. The summed E-state index contributed by atoms with van der Waals surface area (Å²) in [5, 5.41) is -0.336. The van der Waals surface area contributed by atoms with E-state index in [1.165, 1.54) is 37.3 Å². The molecule has 6 heteroatoms. The van der Waals surface area contributed by atoms with Crippen molar-refractivity contribution in [1.29, 1.82) is 0 Å². The van der Waals surface area contributed by atoms with Crippen molar-refractivity contribution in [1.82, 2.24) is 0 Å². The highest BCUT2D eigenvalue weighted by atomic mass is 35.5. The van der Waals surface area contributed by atoms with Crippen LogP contribution in [0.25, 0.3) is 0 Å². The largest absolute Gasteiger partial charge is 0.293 e. The Balaban J connectivity index is 2.37. The molecule has 2 aromatic carbocycles. The number of carbonyl (C=O) groups excluding carboxylic acids is 1. The van der Waals surface area contributed by atoms with E-state index < -0.39 is 20.9 Å². The van der Waals surface area contributed by atoms with Crippen LogP contribution in [0.3, 0.4) is 0 Å². The Morgan fingerprint density at radius 2 is 1.64 bits per heavy atom. The van der Waals surface area contributed by atoms with Crippen molar-refractivity contribution < 1.29 is 13.2 Å². The van der Waals surface area contributed by atoms with Crippen molar-refractivity contribution >= 4 is 38.8 Å². The van der Waals surface area contributed by atoms with E-state index in [9.17, 15) is 13.2 Å². The van der Waals surface area contributed by atoms with Gasteiger partial charge in [0.25, 0.3) is 0 Å². The summed E-state index contributed by atoms with van der Waals surface area (Å²) in [6.45, 7) is 3.19. The van der Waals surface area contributed by atoms with E-state index in [1.54, 1.807) is 12.1 Å². The average molecular weight is 357 g/mol. The van der Waals surface area contributed by atoms with Gasteiger partial charge in [0.2, 0.25) is 0 Å². The van der Waals surface area contributed by atoms with Crippen LogP contribution in [-0.4, -0.2) is 19.5 Å². The third-order valence-electron chi connectivity index (χ3n) is 3.43. The molecule has 116 valence electrons. The lowest BCUT2D eigenvalue weighted by atomic mass is 10.1. The van der Waals surface area contributed by atoms with Crippen molar-refractivity contribution in [2.45, 2.75) is 24.0 Å². The second kappa shape index (κ2) is 6.41. The second-order valence-corrected chi connectivity index (χ2v) is 8.08. The van der Waals surface area contributed by atoms with E-state index in [0.29, 0.717) is 10.0 Å². The molecule has 1 atom stereocenters. The van der Waals surface area contributed by atoms with Gasteiger partial charge in [-0.2, -0.15) is 0 Å². The predicted octanol–water partition coefficient (Wildman–Crippen LogP) is 4.35. The number of hydrogen-bond acceptors (Lipinski definition) is 3. The number of carbonyl (C=O) groups is 1. The minimum atomic E-state index is -3.78. The van der Waals surface area contributed by atoms with Crippen LogP contribution < -0.4 is 0 Å². The van der Waals surface area contributed by atoms with Crippen LogP contribution in [0.15, 0.2) is 47.4 Å². The highest BCUT2D eigenvalue weighted by Crippen LogP contribution is 2.23. The lowest BCUT2D eigenvalue weighted by Gasteiger charge is -2.13. The predicted molar refractivity (Wildman–Crippen MR) is 88.6 cm³/mol. The highest BCUT2D eigenvalue weighted by Gasteiger charge is 2.30. The fourth-order valence-corrected chi connectivity index (χ4v) is 3.60. The van der Waals surface area contributed by atoms with Crippen LogP contribution >= 0.6 is 23.2 Å². The smallest absolute Gasteiger partial charge is 0.188 e. The molecule has 0 amide bonds. The summed E-state index contributed by atoms with van der Waals surface area (Å²) in [4.78, 5) is 12.5. The molecular formula is C16H14Cl2O3S. The standard InChI is InChI=1S/C16H14Cl2O3S/c1-10-3-4-12(9-15(10)18)16(19)11(2)22(20,21)14-7-5-13(17)6-8-14/h3-9,11H,1-2H3. The minimum absolute atomic E-state index is 0.0657. The average Bonchev–Trinajstić information content (AvgIpc) is 2.49. The van der Waals surface area contributed by atoms with E-state index in [-0.39, 0.29) is 10.5 Å². The molecule has 3 nitrogen and oxygen atoms in total. The summed E-state index contributed by atoms with van der Waals surface area (Å²) in [5.74, 6) is -0.489. The Bertz CT molecular complexity index is 812. The Kier molecular flexibility index (Phi) is 4.95. The molecule has 2 aromatic rings. The number of aryl methyl sites for hydroxylation is 1. The van der Waals surface area contributed by atoms with Crippen LogP contribution in [-0.2, 0) is 9.84 Å². The van der Waals surface area contributed by atoms with Crippen molar-refractivity contribution in [3.63, 3.8) is 0 Å². The van der Waals surface area contributed by atoms with E-state index in [0.717, 1.165) is 5.56 Å². The monoisotopic (exact) mass is 356 g/mol. The van der Waals surface area contributed by atoms with Gasteiger partial charge in [0.1, 0.15) is 5.25 Å². The Morgan fingerprint density at radius 1 is 1.05 bits per heavy atom. The quantitative estimate of drug-likeness (QED) is 0.765. The molecule has 0 aromatic heterocycles. The summed E-state index contributed by atoms with van der Waals surface area (Å²) >= 11 is 11.8. The van der Waals surface area contributed by atoms with Crippen LogP contribution in [0, 0.1) is 6.92 Å². The normalized spacial score (nSPS) is 12.9. The molecular weight excluding hydrogens is 343 g/mol. The summed E-state index contributed by atoms with van der Waals surface area (Å²) in [6.07, 6.45) is 0. The van der Waals surface area contributed by atoms with Crippen molar-refractivity contribution in [2.75, 3.05) is 0 Å². The molecule has 0 fully saturated rings. The lowest BCUT2D eigenvalue weighted by Crippen LogP contribution is -2.27. The molecule has 2 rings (SSSR count). The molecule has 0 radical (unpaired) electrons. The fraction of sp³-hybridized carbons (Fsp3) is 0.188. The summed E-state index contributed by atoms with van der Waals surface area (Å²) in [6, 6.07) is 10.5. The van der Waals surface area contributed by atoms with E-state index >= 15 is 0 Å². The van der Waals surface area contributed by atoms with Gasteiger partial charge in [0, 0.05) is 15.6 Å². The van der Waals surface area contributed by atoms with Crippen LogP contribution in [0.2, 0.25) is 10.0 Å². The Morgan fingerprint density at radius 3 is 2.18 bits per heavy atom. The van der Waals surface area contributed by atoms with Gasteiger partial charge in [-0.05, 0) is 49.7 Å². The van der Waals surface area contributed by atoms with Crippen molar-refractivity contribution in [3.05, 3.63) is 63.6 Å². The molecule has 1 unspecified atom stereocenters. The highest BCUT2D eigenvalue weighted by molar-refractivity contribution is 7.92. The molecule has 0 aliphatic heterocycles. The second-order valence-electron chi connectivity index (χ2n) is 4.97. The SMILES string of the molecule is Cc1ccc(C(=O)C(C)S(=O)(=O)c2ccc(Cl)cc2)cc1Cl. The van der Waals surface area contributed by atoms with Crippen LogP contribution in [0.1, 0.15) is 22.8 Å². The maximum atomic E-state index is 12.5. The maximum Gasteiger partial charge on any atom is 0.188 e. The first kappa shape index (κ1) is 17.0. The van der Waals surface area contributed by atoms with Gasteiger partial charge >= 0.3 is 0 Å². The minimum Gasteiger partial charge on any atom is -0.293 e. The van der Waals surface area contributed by atoms with Gasteiger partial charge in [0.05, 0.1) is 4.90 Å². The van der Waals surface area contributed by atoms with Gasteiger partial charge in [0.15, 0.2) is 15.6 Å². The third-order valence-corrected chi connectivity index (χ3v) is 6.17. The summed E-state index contributed by atoms with van der Waals surface area (Å²) in [7, 11) is -3.78. The van der Waals surface area contributed by atoms with E-state index in [4.69, 9.17) is 23.2 Å². The number of ketones is 1. The number of hydrogen-bond donors (Lipinski definition) is 0. The fourth-order valence-electron chi connectivity index (χ4n) is 1.95. The maximum absolute atomic E-state index is 12.5. The Hall–Kier alpha value is -1.36. The molecule has 0 heterocycles. The molecule has 0 bridgehead atoms. The zero-order valence-electron chi connectivity index (χ0n) is 12.0. The number of rotatable bonds is 4. The van der Waals surface area contributed by atoms with Crippen molar-refractivity contribution in [3.8, 4) is 0 Å². The molecule has 0 N–H and O–H groups in total. The summed E-state index contributed by atoms with van der Waals surface area (Å²) < 4.78 is 25.0. The topological polar surface area (TPSA) is 51.2 Å². The van der Waals surface area contributed by atoms with E-state index in [1.807, 2.05) is 6.92 Å². The van der Waals surface area contributed by atoms with Gasteiger partial charge in [-0.3, -0.25) is 4.79 Å². The number of sulfone groups is 1. The van der Waals surface area contributed by atoms with Gasteiger partial charge in [-0.1, -0.05) is 35.3 Å². The molecule has 0 spiro atoms. The van der Waals surface area contributed by atoms with Gasteiger partial charge in [-0.25, -0.2) is 8.42 Å². The third kappa shape index (κ3) is 3.35. The molecule has 0 saturated heterocycles. The van der Waals surface area contributed by atoms with Crippen LogP contribution in [0.4, 0.5) is 0 Å².